The third kappa shape index (κ3) is 2.42. The number of nitriles is 1. The zero-order chi connectivity index (χ0) is 15.5. The van der Waals surface area contributed by atoms with Crippen LogP contribution in [-0.2, 0) is 0 Å². The summed E-state index contributed by atoms with van der Waals surface area (Å²) >= 11 is 1.23. The van der Waals surface area contributed by atoms with E-state index in [0.29, 0.717) is 16.6 Å². The highest BCUT2D eigenvalue weighted by Gasteiger charge is 2.12. The number of thioether (sulfide) groups is 1. The largest absolute Gasteiger partial charge is 0.497 e. The van der Waals surface area contributed by atoms with Crippen LogP contribution in [0.1, 0.15) is 0 Å². The number of hydrogen-bond acceptors (Lipinski definition) is 6. The van der Waals surface area contributed by atoms with Crippen LogP contribution in [0.4, 0.5) is 0 Å². The molecule has 0 saturated carbocycles. The van der Waals surface area contributed by atoms with Crippen LogP contribution < -0.4 is 10.3 Å². The van der Waals surface area contributed by atoms with Crippen molar-refractivity contribution in [1.29, 1.82) is 5.26 Å². The van der Waals surface area contributed by atoms with Gasteiger partial charge in [0.1, 0.15) is 5.75 Å². The molecular formula is C14H11N5O2S. The predicted octanol–water partition coefficient (Wildman–Crippen LogP) is 1.50. The fraction of sp³-hybridized carbons (Fsp3) is 0.143. The van der Waals surface area contributed by atoms with Gasteiger partial charge < -0.3 is 4.74 Å². The fourth-order valence-electron chi connectivity index (χ4n) is 2.02. The number of methoxy groups -OCH3 is 1. The van der Waals surface area contributed by atoms with E-state index in [0.717, 1.165) is 0 Å². The quantitative estimate of drug-likeness (QED) is 0.679. The molecule has 0 unspecified atom stereocenters. The van der Waals surface area contributed by atoms with Crippen molar-refractivity contribution in [2.24, 2.45) is 0 Å². The van der Waals surface area contributed by atoms with Gasteiger partial charge in [-0.3, -0.25) is 13.8 Å². The number of aromatic nitrogens is 4. The molecule has 0 aliphatic heterocycles. The lowest BCUT2D eigenvalue weighted by Crippen LogP contribution is -2.20. The van der Waals surface area contributed by atoms with E-state index in [9.17, 15) is 4.79 Å². The fourth-order valence-corrected chi connectivity index (χ4v) is 2.60. The molecule has 0 atom stereocenters. The van der Waals surface area contributed by atoms with Crippen LogP contribution >= 0.6 is 11.8 Å². The summed E-state index contributed by atoms with van der Waals surface area (Å²) in [4.78, 5) is 12.5. The summed E-state index contributed by atoms with van der Waals surface area (Å²) in [5, 5.41) is 17.0. The third-order valence-corrected chi connectivity index (χ3v) is 3.85. The van der Waals surface area contributed by atoms with Gasteiger partial charge in [0.2, 0.25) is 5.65 Å². The molecule has 0 aliphatic carbocycles. The van der Waals surface area contributed by atoms with Gasteiger partial charge >= 0.3 is 5.56 Å². The molecule has 7 nitrogen and oxygen atoms in total. The first-order valence-electron chi connectivity index (χ1n) is 6.35. The van der Waals surface area contributed by atoms with Gasteiger partial charge in [0, 0.05) is 18.5 Å². The molecule has 3 aromatic rings. The summed E-state index contributed by atoms with van der Waals surface area (Å²) in [6.07, 6.45) is 3.35. The number of nitrogens with zero attached hydrogens (tertiary/aromatic N) is 5. The van der Waals surface area contributed by atoms with Crippen molar-refractivity contribution in [1.82, 2.24) is 19.2 Å². The highest BCUT2D eigenvalue weighted by atomic mass is 32.2. The number of fused-ring (bicyclic) bond motifs is 1. The Morgan fingerprint density at radius 2 is 2.23 bits per heavy atom. The van der Waals surface area contributed by atoms with Crippen molar-refractivity contribution >= 4 is 17.4 Å². The van der Waals surface area contributed by atoms with Crippen LogP contribution in [0.2, 0.25) is 0 Å². The molecule has 0 N–H and O–H groups in total. The Bertz CT molecular complexity index is 925. The van der Waals surface area contributed by atoms with Gasteiger partial charge in [-0.1, -0.05) is 17.8 Å². The van der Waals surface area contributed by atoms with Gasteiger partial charge in [-0.25, -0.2) is 0 Å². The summed E-state index contributed by atoms with van der Waals surface area (Å²) < 4.78 is 8.23. The summed E-state index contributed by atoms with van der Waals surface area (Å²) in [7, 11) is 1.57. The lowest BCUT2D eigenvalue weighted by Gasteiger charge is -2.07. The Kier molecular flexibility index (Phi) is 3.80. The minimum absolute atomic E-state index is 0.214. The van der Waals surface area contributed by atoms with Gasteiger partial charge in [-0.05, 0) is 12.1 Å². The molecule has 0 bridgehead atoms. The van der Waals surface area contributed by atoms with Crippen molar-refractivity contribution in [2.45, 2.75) is 5.16 Å². The summed E-state index contributed by atoms with van der Waals surface area (Å²) in [6.45, 7) is 0. The average molecular weight is 313 g/mol. The molecule has 0 fully saturated rings. The summed E-state index contributed by atoms with van der Waals surface area (Å²) in [5.74, 6) is 0.913. The molecule has 0 saturated heterocycles. The van der Waals surface area contributed by atoms with Crippen LogP contribution in [0.15, 0.2) is 46.6 Å². The maximum atomic E-state index is 12.5. The first-order valence-corrected chi connectivity index (χ1v) is 7.33. The molecule has 3 rings (SSSR count). The minimum Gasteiger partial charge on any atom is -0.497 e. The second kappa shape index (κ2) is 5.91. The lowest BCUT2D eigenvalue weighted by atomic mass is 10.3. The molecule has 0 radical (unpaired) electrons. The second-order valence-corrected chi connectivity index (χ2v) is 5.24. The number of ether oxygens (including phenoxy) is 1. The van der Waals surface area contributed by atoms with Gasteiger partial charge in [-0.2, -0.15) is 5.26 Å². The first kappa shape index (κ1) is 14.2. The van der Waals surface area contributed by atoms with Crippen LogP contribution in [0.3, 0.4) is 0 Å². The van der Waals surface area contributed by atoms with Crippen molar-refractivity contribution in [2.75, 3.05) is 12.9 Å². The van der Waals surface area contributed by atoms with E-state index in [4.69, 9.17) is 10.00 Å². The monoisotopic (exact) mass is 313 g/mol. The van der Waals surface area contributed by atoms with E-state index in [1.54, 1.807) is 36.0 Å². The van der Waals surface area contributed by atoms with Crippen LogP contribution in [0.25, 0.3) is 11.3 Å². The molecule has 2 heterocycles. The Morgan fingerprint density at radius 3 is 3.00 bits per heavy atom. The van der Waals surface area contributed by atoms with Gasteiger partial charge in [0.05, 0.1) is 24.6 Å². The average Bonchev–Trinajstić information content (AvgIpc) is 2.97. The molecule has 0 amide bonds. The van der Waals surface area contributed by atoms with Crippen LogP contribution in [0, 0.1) is 11.3 Å². The molecule has 8 heteroatoms. The summed E-state index contributed by atoms with van der Waals surface area (Å²) in [5.41, 5.74) is 0.610. The first-order chi connectivity index (χ1) is 10.7. The van der Waals surface area contributed by atoms with E-state index in [1.165, 1.54) is 16.3 Å². The van der Waals surface area contributed by atoms with E-state index in [-0.39, 0.29) is 17.0 Å². The van der Waals surface area contributed by atoms with E-state index < -0.39 is 0 Å². The third-order valence-electron chi connectivity index (χ3n) is 3.04. The van der Waals surface area contributed by atoms with Crippen LogP contribution in [-0.4, -0.2) is 32.0 Å². The van der Waals surface area contributed by atoms with Crippen molar-refractivity contribution in [3.05, 3.63) is 47.0 Å². The molecule has 110 valence electrons. The molecule has 0 aliphatic rings. The SMILES string of the molecule is COc1cccc(-n2ccn3c(SCC#N)nnc3c2=O)c1. The Hall–Kier alpha value is -2.79. The van der Waals surface area contributed by atoms with Crippen molar-refractivity contribution in [3.63, 3.8) is 0 Å². The smallest absolute Gasteiger partial charge is 0.300 e. The zero-order valence-electron chi connectivity index (χ0n) is 11.6. The van der Waals surface area contributed by atoms with Gasteiger partial charge in [0.15, 0.2) is 5.16 Å². The standard InChI is InChI=1S/C14H11N5O2S/c1-21-11-4-2-3-10(9-11)18-6-7-19-12(13(18)20)16-17-14(19)22-8-5-15/h2-4,6-7,9H,8H2,1H3. The Morgan fingerprint density at radius 1 is 1.36 bits per heavy atom. The van der Waals surface area contributed by atoms with E-state index >= 15 is 0 Å². The Balaban J connectivity index is 2.11. The molecular weight excluding hydrogens is 302 g/mol. The van der Waals surface area contributed by atoms with Gasteiger partial charge in [0.25, 0.3) is 0 Å². The zero-order valence-corrected chi connectivity index (χ0v) is 12.4. The normalized spacial score (nSPS) is 10.5. The molecule has 22 heavy (non-hydrogen) atoms. The molecule has 0 spiro atoms. The Labute approximate surface area is 129 Å². The van der Waals surface area contributed by atoms with Gasteiger partial charge in [-0.15, -0.1) is 10.2 Å². The van der Waals surface area contributed by atoms with Crippen molar-refractivity contribution < 1.29 is 4.74 Å². The second-order valence-electron chi connectivity index (χ2n) is 4.30. The molecule has 2 aromatic heterocycles. The van der Waals surface area contributed by atoms with E-state index in [1.807, 2.05) is 18.2 Å². The van der Waals surface area contributed by atoms with Crippen LogP contribution in [0.5, 0.6) is 5.75 Å². The maximum Gasteiger partial charge on any atom is 0.300 e. The topological polar surface area (TPSA) is 85.2 Å². The van der Waals surface area contributed by atoms with Crippen molar-refractivity contribution in [3.8, 4) is 17.5 Å². The maximum absolute atomic E-state index is 12.5. The predicted molar refractivity (Wildman–Crippen MR) is 81.5 cm³/mol. The minimum atomic E-state index is -0.285. The number of rotatable bonds is 4. The van der Waals surface area contributed by atoms with E-state index in [2.05, 4.69) is 10.2 Å². The lowest BCUT2D eigenvalue weighted by molar-refractivity contribution is 0.414. The highest BCUT2D eigenvalue weighted by molar-refractivity contribution is 7.99. The number of hydrogen-bond donors (Lipinski definition) is 0. The highest BCUT2D eigenvalue weighted by Crippen LogP contribution is 2.17. The summed E-state index contributed by atoms with van der Waals surface area (Å²) in [6, 6.07) is 9.21. The number of benzene rings is 1. The molecule has 1 aromatic carbocycles.